The van der Waals surface area contributed by atoms with Gasteiger partial charge in [0.25, 0.3) is 0 Å². The highest BCUT2D eigenvalue weighted by Crippen LogP contribution is 2.23. The molecule has 0 saturated heterocycles. The molecule has 0 atom stereocenters. The van der Waals surface area contributed by atoms with Crippen molar-refractivity contribution in [3.8, 4) is 0 Å². The summed E-state index contributed by atoms with van der Waals surface area (Å²) in [5.41, 5.74) is 6.34. The molecule has 1 amide bonds. The van der Waals surface area contributed by atoms with Gasteiger partial charge in [0.1, 0.15) is 0 Å². The van der Waals surface area contributed by atoms with Crippen molar-refractivity contribution in [2.45, 2.75) is 46.5 Å². The summed E-state index contributed by atoms with van der Waals surface area (Å²) in [5, 5.41) is 2.92. The maximum atomic E-state index is 12.9. The first-order chi connectivity index (χ1) is 14.1. The molecule has 0 fully saturated rings. The van der Waals surface area contributed by atoms with Gasteiger partial charge in [-0.05, 0) is 48.1 Å². The number of rotatable bonds is 5. The fourth-order valence-electron chi connectivity index (χ4n) is 3.45. The van der Waals surface area contributed by atoms with E-state index in [1.54, 1.807) is 24.3 Å². The van der Waals surface area contributed by atoms with E-state index in [-0.39, 0.29) is 17.1 Å². The van der Waals surface area contributed by atoms with Gasteiger partial charge in [-0.2, -0.15) is 0 Å². The van der Waals surface area contributed by atoms with Crippen molar-refractivity contribution in [1.82, 2.24) is 0 Å². The van der Waals surface area contributed by atoms with E-state index in [9.17, 15) is 9.59 Å². The third kappa shape index (κ3) is 5.24. The molecule has 0 heterocycles. The van der Waals surface area contributed by atoms with Crippen molar-refractivity contribution in [3.05, 3.63) is 100 Å². The summed E-state index contributed by atoms with van der Waals surface area (Å²) in [4.78, 5) is 25.4. The number of hydrogen-bond donors (Lipinski definition) is 1. The van der Waals surface area contributed by atoms with Crippen molar-refractivity contribution in [2.24, 2.45) is 0 Å². The van der Waals surface area contributed by atoms with Gasteiger partial charge >= 0.3 is 0 Å². The van der Waals surface area contributed by atoms with Crippen LogP contribution in [0.15, 0.2) is 66.7 Å². The highest BCUT2D eigenvalue weighted by molar-refractivity contribution is 6.09. The van der Waals surface area contributed by atoms with E-state index in [0.29, 0.717) is 23.2 Å². The Bertz CT molecular complexity index is 1070. The molecule has 0 aliphatic carbocycles. The highest BCUT2D eigenvalue weighted by atomic mass is 16.1. The van der Waals surface area contributed by atoms with Gasteiger partial charge in [-0.1, -0.05) is 80.9 Å². The van der Waals surface area contributed by atoms with Crippen LogP contribution in [0.3, 0.4) is 0 Å². The van der Waals surface area contributed by atoms with Gasteiger partial charge in [-0.15, -0.1) is 0 Å². The van der Waals surface area contributed by atoms with Gasteiger partial charge in [0.15, 0.2) is 5.78 Å². The number of carbonyl (C=O) groups is 2. The zero-order chi connectivity index (χ0) is 21.9. The molecular formula is C27H29NO2. The van der Waals surface area contributed by atoms with E-state index in [2.05, 4.69) is 32.2 Å². The Kier molecular flexibility index (Phi) is 6.21. The normalized spacial score (nSPS) is 11.2. The Morgan fingerprint density at radius 2 is 1.53 bits per heavy atom. The van der Waals surface area contributed by atoms with Crippen LogP contribution in [-0.2, 0) is 16.6 Å². The highest BCUT2D eigenvalue weighted by Gasteiger charge is 2.15. The van der Waals surface area contributed by atoms with Gasteiger partial charge in [0.05, 0.1) is 6.42 Å². The minimum absolute atomic E-state index is 0.0432. The number of ketones is 1. The molecule has 3 aromatic rings. The van der Waals surface area contributed by atoms with Crippen LogP contribution >= 0.6 is 0 Å². The van der Waals surface area contributed by atoms with Crippen molar-refractivity contribution < 1.29 is 9.59 Å². The van der Waals surface area contributed by atoms with E-state index in [0.717, 1.165) is 11.1 Å². The van der Waals surface area contributed by atoms with Gasteiger partial charge in [0, 0.05) is 16.8 Å². The molecule has 0 aromatic heterocycles. The first-order valence-corrected chi connectivity index (χ1v) is 10.2. The molecule has 0 bridgehead atoms. The molecular weight excluding hydrogens is 370 g/mol. The van der Waals surface area contributed by atoms with Crippen LogP contribution in [0.4, 0.5) is 5.69 Å². The van der Waals surface area contributed by atoms with Crippen molar-refractivity contribution in [3.63, 3.8) is 0 Å². The van der Waals surface area contributed by atoms with Crippen molar-refractivity contribution >= 4 is 17.4 Å². The Balaban J connectivity index is 1.72. The standard InChI is InChI=1S/C27H29NO2/c1-18-9-10-21(19(2)15-18)17-25(29)28-24-8-6-7-22(16-24)26(30)20-11-13-23(14-12-20)27(3,4)5/h6-16H,17H2,1-5H3,(H,28,29). The van der Waals surface area contributed by atoms with Crippen LogP contribution in [0.5, 0.6) is 0 Å². The fraction of sp³-hybridized carbons (Fsp3) is 0.259. The van der Waals surface area contributed by atoms with Crippen LogP contribution in [0.25, 0.3) is 0 Å². The van der Waals surface area contributed by atoms with Crippen LogP contribution in [0, 0.1) is 13.8 Å². The first kappa shape index (κ1) is 21.5. The second-order valence-electron chi connectivity index (χ2n) is 8.89. The number of anilines is 1. The molecule has 3 rings (SSSR count). The van der Waals surface area contributed by atoms with Crippen LogP contribution in [0.1, 0.15) is 58.9 Å². The van der Waals surface area contributed by atoms with E-state index < -0.39 is 0 Å². The number of carbonyl (C=O) groups excluding carboxylic acids is 2. The molecule has 0 unspecified atom stereocenters. The lowest BCUT2D eigenvalue weighted by molar-refractivity contribution is -0.115. The van der Waals surface area contributed by atoms with Crippen LogP contribution in [-0.4, -0.2) is 11.7 Å². The van der Waals surface area contributed by atoms with E-state index >= 15 is 0 Å². The quantitative estimate of drug-likeness (QED) is 0.534. The minimum atomic E-state index is -0.0962. The van der Waals surface area contributed by atoms with Gasteiger partial charge in [-0.3, -0.25) is 9.59 Å². The first-order valence-electron chi connectivity index (χ1n) is 10.2. The molecule has 3 aromatic carbocycles. The molecule has 3 nitrogen and oxygen atoms in total. The van der Waals surface area contributed by atoms with Crippen molar-refractivity contribution in [2.75, 3.05) is 5.32 Å². The number of aryl methyl sites for hydroxylation is 2. The predicted molar refractivity (Wildman–Crippen MR) is 123 cm³/mol. The predicted octanol–water partition coefficient (Wildman–Crippen LogP) is 6.01. The Morgan fingerprint density at radius 1 is 0.833 bits per heavy atom. The zero-order valence-corrected chi connectivity index (χ0v) is 18.4. The Hall–Kier alpha value is -3.20. The minimum Gasteiger partial charge on any atom is -0.326 e. The number of amides is 1. The average molecular weight is 400 g/mol. The Morgan fingerprint density at radius 3 is 2.17 bits per heavy atom. The topological polar surface area (TPSA) is 46.2 Å². The molecule has 0 radical (unpaired) electrons. The third-order valence-corrected chi connectivity index (χ3v) is 5.27. The summed E-state index contributed by atoms with van der Waals surface area (Å²) < 4.78 is 0. The van der Waals surface area contributed by atoms with Gasteiger partial charge < -0.3 is 5.32 Å². The number of hydrogen-bond acceptors (Lipinski definition) is 2. The lowest BCUT2D eigenvalue weighted by atomic mass is 9.86. The third-order valence-electron chi connectivity index (χ3n) is 5.27. The molecule has 0 aliphatic heterocycles. The number of nitrogens with one attached hydrogen (secondary N) is 1. The van der Waals surface area contributed by atoms with Gasteiger partial charge in [0.2, 0.25) is 5.91 Å². The summed E-state index contributed by atoms with van der Waals surface area (Å²) in [7, 11) is 0. The molecule has 154 valence electrons. The molecule has 3 heteroatoms. The summed E-state index contributed by atoms with van der Waals surface area (Å²) in [6, 6.07) is 20.9. The van der Waals surface area contributed by atoms with E-state index in [4.69, 9.17) is 0 Å². The smallest absolute Gasteiger partial charge is 0.228 e. The summed E-state index contributed by atoms with van der Waals surface area (Å²) in [6.07, 6.45) is 0.304. The molecule has 1 N–H and O–H groups in total. The molecule has 0 spiro atoms. The van der Waals surface area contributed by atoms with E-state index in [1.165, 1.54) is 11.1 Å². The van der Waals surface area contributed by atoms with E-state index in [1.807, 2.05) is 50.2 Å². The van der Waals surface area contributed by atoms with Gasteiger partial charge in [-0.25, -0.2) is 0 Å². The molecule has 0 saturated carbocycles. The second-order valence-corrected chi connectivity index (χ2v) is 8.89. The summed E-state index contributed by atoms with van der Waals surface area (Å²) in [5.74, 6) is -0.151. The summed E-state index contributed by atoms with van der Waals surface area (Å²) in [6.45, 7) is 10.5. The molecule has 30 heavy (non-hydrogen) atoms. The van der Waals surface area contributed by atoms with Crippen LogP contribution < -0.4 is 5.32 Å². The fourth-order valence-corrected chi connectivity index (χ4v) is 3.45. The lowest BCUT2D eigenvalue weighted by Crippen LogP contribution is -2.15. The number of benzene rings is 3. The van der Waals surface area contributed by atoms with Crippen LogP contribution in [0.2, 0.25) is 0 Å². The molecule has 0 aliphatic rings. The lowest BCUT2D eigenvalue weighted by Gasteiger charge is -2.19. The second kappa shape index (κ2) is 8.66. The largest absolute Gasteiger partial charge is 0.326 e. The summed E-state index contributed by atoms with van der Waals surface area (Å²) >= 11 is 0. The maximum absolute atomic E-state index is 12.9. The Labute approximate surface area is 179 Å². The van der Waals surface area contributed by atoms with Crippen molar-refractivity contribution in [1.29, 1.82) is 0 Å². The SMILES string of the molecule is Cc1ccc(CC(=O)Nc2cccc(C(=O)c3ccc(C(C)(C)C)cc3)c2)c(C)c1. The zero-order valence-electron chi connectivity index (χ0n) is 18.4. The average Bonchev–Trinajstić information content (AvgIpc) is 2.69. The monoisotopic (exact) mass is 399 g/mol. The maximum Gasteiger partial charge on any atom is 0.228 e.